The number of nitrogens with zero attached hydrogens (tertiary/aromatic N) is 1. The summed E-state index contributed by atoms with van der Waals surface area (Å²) >= 11 is 0. The van der Waals surface area contributed by atoms with E-state index in [2.05, 4.69) is 11.8 Å². The summed E-state index contributed by atoms with van der Waals surface area (Å²) in [5.74, 6) is 5.80. The SMILES string of the molecule is CC#CCCOc1cc(CN)ccc1[N+](=O)[O-]. The summed E-state index contributed by atoms with van der Waals surface area (Å²) in [7, 11) is 0. The summed E-state index contributed by atoms with van der Waals surface area (Å²) in [6.45, 7) is 2.39. The molecule has 0 atom stereocenters. The van der Waals surface area contributed by atoms with Crippen LogP contribution in [0.1, 0.15) is 18.9 Å². The lowest BCUT2D eigenvalue weighted by molar-refractivity contribution is -0.385. The third-order valence-electron chi connectivity index (χ3n) is 2.12. The van der Waals surface area contributed by atoms with Gasteiger partial charge in [0.25, 0.3) is 0 Å². The first-order chi connectivity index (χ1) is 8.19. The van der Waals surface area contributed by atoms with Crippen LogP contribution in [0.2, 0.25) is 0 Å². The van der Waals surface area contributed by atoms with E-state index in [1.807, 2.05) is 0 Å². The van der Waals surface area contributed by atoms with Crippen molar-refractivity contribution in [2.75, 3.05) is 6.61 Å². The lowest BCUT2D eigenvalue weighted by atomic mass is 10.2. The molecule has 0 aliphatic carbocycles. The van der Waals surface area contributed by atoms with Crippen molar-refractivity contribution >= 4 is 5.69 Å². The summed E-state index contributed by atoms with van der Waals surface area (Å²) in [6, 6.07) is 4.62. The quantitative estimate of drug-likeness (QED) is 0.365. The molecule has 17 heavy (non-hydrogen) atoms. The van der Waals surface area contributed by atoms with Crippen LogP contribution < -0.4 is 10.5 Å². The van der Waals surface area contributed by atoms with Crippen LogP contribution in [0.4, 0.5) is 5.69 Å². The van der Waals surface area contributed by atoms with Crippen LogP contribution in [0.25, 0.3) is 0 Å². The number of benzene rings is 1. The fourth-order valence-electron chi connectivity index (χ4n) is 1.29. The highest BCUT2D eigenvalue weighted by molar-refractivity contribution is 5.48. The Morgan fingerprint density at radius 2 is 2.29 bits per heavy atom. The van der Waals surface area contributed by atoms with Crippen molar-refractivity contribution in [1.29, 1.82) is 0 Å². The normalized spacial score (nSPS) is 9.29. The summed E-state index contributed by atoms with van der Waals surface area (Å²) in [5, 5.41) is 10.8. The van der Waals surface area contributed by atoms with E-state index >= 15 is 0 Å². The molecule has 2 N–H and O–H groups in total. The summed E-state index contributed by atoms with van der Waals surface area (Å²) in [4.78, 5) is 10.3. The number of rotatable bonds is 5. The molecule has 0 aliphatic rings. The van der Waals surface area contributed by atoms with Crippen LogP contribution in [0.5, 0.6) is 5.75 Å². The van der Waals surface area contributed by atoms with E-state index in [4.69, 9.17) is 10.5 Å². The predicted octanol–water partition coefficient (Wildman–Crippen LogP) is 1.85. The van der Waals surface area contributed by atoms with Crippen molar-refractivity contribution in [3.8, 4) is 17.6 Å². The second kappa shape index (κ2) is 6.51. The fraction of sp³-hybridized carbons (Fsp3) is 0.333. The minimum atomic E-state index is -0.471. The highest BCUT2D eigenvalue weighted by Gasteiger charge is 2.14. The molecular formula is C12H14N2O3. The molecule has 1 aromatic rings. The van der Waals surface area contributed by atoms with E-state index in [9.17, 15) is 10.1 Å². The number of hydrogen-bond donors (Lipinski definition) is 1. The Labute approximate surface area is 99.7 Å². The van der Waals surface area contributed by atoms with Gasteiger partial charge in [0.2, 0.25) is 0 Å². The van der Waals surface area contributed by atoms with Crippen molar-refractivity contribution in [1.82, 2.24) is 0 Å². The molecule has 0 saturated carbocycles. The third-order valence-corrected chi connectivity index (χ3v) is 2.12. The number of hydrogen-bond acceptors (Lipinski definition) is 4. The molecule has 1 rings (SSSR count). The topological polar surface area (TPSA) is 78.4 Å². The van der Waals surface area contributed by atoms with Crippen molar-refractivity contribution in [3.05, 3.63) is 33.9 Å². The maximum Gasteiger partial charge on any atom is 0.310 e. The number of nitro benzene ring substituents is 1. The Morgan fingerprint density at radius 1 is 1.53 bits per heavy atom. The van der Waals surface area contributed by atoms with E-state index in [1.165, 1.54) is 6.07 Å². The van der Waals surface area contributed by atoms with Gasteiger partial charge in [-0.3, -0.25) is 10.1 Å². The molecule has 1 aromatic carbocycles. The van der Waals surface area contributed by atoms with Crippen molar-refractivity contribution in [2.24, 2.45) is 5.73 Å². The molecule has 0 saturated heterocycles. The van der Waals surface area contributed by atoms with Crippen LogP contribution in [-0.4, -0.2) is 11.5 Å². The minimum absolute atomic E-state index is 0.0494. The van der Waals surface area contributed by atoms with Gasteiger partial charge in [0, 0.05) is 19.0 Å². The Kier molecular flexibility index (Phi) is 4.98. The summed E-state index contributed by atoms with van der Waals surface area (Å²) in [6.07, 6.45) is 0.542. The average Bonchev–Trinajstić information content (AvgIpc) is 2.34. The number of nitro groups is 1. The standard InChI is InChI=1S/C12H14N2O3/c1-2-3-4-7-17-12-8-10(9-13)5-6-11(12)14(15)16/h5-6,8H,4,7,9,13H2,1H3. The van der Waals surface area contributed by atoms with Gasteiger partial charge in [-0.25, -0.2) is 0 Å². The van der Waals surface area contributed by atoms with Gasteiger partial charge >= 0.3 is 5.69 Å². The molecule has 0 aromatic heterocycles. The minimum Gasteiger partial charge on any atom is -0.486 e. The zero-order valence-corrected chi connectivity index (χ0v) is 9.60. The second-order valence-electron chi connectivity index (χ2n) is 3.29. The predicted molar refractivity (Wildman–Crippen MR) is 64.5 cm³/mol. The first-order valence-electron chi connectivity index (χ1n) is 5.18. The van der Waals surface area contributed by atoms with Crippen LogP contribution in [0, 0.1) is 22.0 Å². The van der Waals surface area contributed by atoms with Gasteiger partial charge in [-0.15, -0.1) is 11.8 Å². The van der Waals surface area contributed by atoms with Gasteiger partial charge in [0.1, 0.15) is 0 Å². The highest BCUT2D eigenvalue weighted by atomic mass is 16.6. The summed E-state index contributed by atoms with van der Waals surface area (Å²) < 4.78 is 5.34. The second-order valence-corrected chi connectivity index (χ2v) is 3.29. The monoisotopic (exact) mass is 234 g/mol. The molecular weight excluding hydrogens is 220 g/mol. The third kappa shape index (κ3) is 3.78. The van der Waals surface area contributed by atoms with Gasteiger partial charge in [0.15, 0.2) is 5.75 Å². The molecule has 0 aliphatic heterocycles. The van der Waals surface area contributed by atoms with Gasteiger partial charge in [-0.2, -0.15) is 0 Å². The van der Waals surface area contributed by atoms with Crippen LogP contribution in [-0.2, 0) is 6.54 Å². The Morgan fingerprint density at radius 3 is 2.88 bits per heavy atom. The first-order valence-corrected chi connectivity index (χ1v) is 5.18. The molecule has 0 unspecified atom stereocenters. The molecule has 0 spiro atoms. The average molecular weight is 234 g/mol. The lowest BCUT2D eigenvalue weighted by Crippen LogP contribution is -2.02. The van der Waals surface area contributed by atoms with E-state index in [-0.39, 0.29) is 11.4 Å². The summed E-state index contributed by atoms with van der Waals surface area (Å²) in [5.41, 5.74) is 6.22. The molecule has 0 bridgehead atoms. The zero-order chi connectivity index (χ0) is 12.7. The molecule has 0 amide bonds. The molecule has 5 nitrogen and oxygen atoms in total. The van der Waals surface area contributed by atoms with E-state index in [1.54, 1.807) is 19.1 Å². The zero-order valence-electron chi connectivity index (χ0n) is 9.60. The van der Waals surface area contributed by atoms with Crippen LogP contribution in [0.3, 0.4) is 0 Å². The van der Waals surface area contributed by atoms with E-state index < -0.39 is 4.92 Å². The molecule has 0 fully saturated rings. The first kappa shape index (κ1) is 13.0. The highest BCUT2D eigenvalue weighted by Crippen LogP contribution is 2.27. The maximum atomic E-state index is 10.8. The molecule has 0 heterocycles. The number of nitrogens with two attached hydrogens (primary N) is 1. The van der Waals surface area contributed by atoms with Gasteiger partial charge in [-0.05, 0) is 18.6 Å². The van der Waals surface area contributed by atoms with Crippen molar-refractivity contribution < 1.29 is 9.66 Å². The van der Waals surface area contributed by atoms with Crippen LogP contribution in [0.15, 0.2) is 18.2 Å². The molecule has 90 valence electrons. The molecule has 5 heteroatoms. The van der Waals surface area contributed by atoms with Crippen molar-refractivity contribution in [3.63, 3.8) is 0 Å². The Bertz CT molecular complexity index is 461. The lowest BCUT2D eigenvalue weighted by Gasteiger charge is -2.06. The maximum absolute atomic E-state index is 10.8. The smallest absolute Gasteiger partial charge is 0.310 e. The van der Waals surface area contributed by atoms with Gasteiger partial charge in [-0.1, -0.05) is 6.07 Å². The molecule has 0 radical (unpaired) electrons. The van der Waals surface area contributed by atoms with Crippen LogP contribution >= 0.6 is 0 Å². The largest absolute Gasteiger partial charge is 0.486 e. The van der Waals surface area contributed by atoms with E-state index in [0.717, 1.165) is 5.56 Å². The van der Waals surface area contributed by atoms with Gasteiger partial charge in [0.05, 0.1) is 11.5 Å². The Balaban J connectivity index is 2.84. The fourth-order valence-corrected chi connectivity index (χ4v) is 1.29. The van der Waals surface area contributed by atoms with Gasteiger partial charge < -0.3 is 10.5 Å². The Hall–Kier alpha value is -2.06. The van der Waals surface area contributed by atoms with E-state index in [0.29, 0.717) is 19.6 Å². The number of ether oxygens (including phenoxy) is 1. The van der Waals surface area contributed by atoms with Crippen molar-refractivity contribution in [2.45, 2.75) is 19.9 Å².